The van der Waals surface area contributed by atoms with E-state index in [0.717, 1.165) is 19.5 Å². The second-order valence-corrected chi connectivity index (χ2v) is 3.95. The van der Waals surface area contributed by atoms with Gasteiger partial charge in [0, 0.05) is 24.7 Å². The lowest BCUT2D eigenvalue weighted by atomic mass is 9.86. The lowest BCUT2D eigenvalue weighted by molar-refractivity contribution is 0.198. The summed E-state index contributed by atoms with van der Waals surface area (Å²) in [7, 11) is 2.19. The van der Waals surface area contributed by atoms with E-state index in [-0.39, 0.29) is 5.54 Å². The quantitative estimate of drug-likeness (QED) is 0.490. The van der Waals surface area contributed by atoms with Crippen molar-refractivity contribution in [2.24, 2.45) is 5.73 Å². The van der Waals surface area contributed by atoms with E-state index in [0.29, 0.717) is 6.04 Å². The van der Waals surface area contributed by atoms with Crippen LogP contribution >= 0.6 is 0 Å². The molecule has 64 valence electrons. The van der Waals surface area contributed by atoms with Gasteiger partial charge in [-0.15, -0.1) is 0 Å². The second kappa shape index (κ2) is 2.44. The Labute approximate surface area is 67.9 Å². The predicted octanol–water partition coefficient (Wildman–Crippen LogP) is -0.619. The fourth-order valence-corrected chi connectivity index (χ4v) is 2.42. The summed E-state index contributed by atoms with van der Waals surface area (Å²) in [5.41, 5.74) is 6.33. The zero-order valence-corrected chi connectivity index (χ0v) is 7.14. The number of rotatable bonds is 0. The minimum atomic E-state index is 0.0764. The maximum atomic E-state index is 6.25. The Hall–Kier alpha value is -0.120. The maximum Gasteiger partial charge on any atom is 0.0451 e. The molecule has 0 aromatic carbocycles. The van der Waals surface area contributed by atoms with Gasteiger partial charge in [-0.25, -0.2) is 0 Å². The van der Waals surface area contributed by atoms with Crippen LogP contribution in [0.2, 0.25) is 0 Å². The van der Waals surface area contributed by atoms with E-state index in [1.807, 2.05) is 0 Å². The maximum absolute atomic E-state index is 6.25. The third kappa shape index (κ3) is 1.08. The smallest absolute Gasteiger partial charge is 0.0451 e. The van der Waals surface area contributed by atoms with E-state index in [9.17, 15) is 0 Å². The van der Waals surface area contributed by atoms with Gasteiger partial charge in [0.15, 0.2) is 0 Å². The first kappa shape index (κ1) is 7.53. The number of nitrogens with one attached hydrogen (secondary N) is 1. The van der Waals surface area contributed by atoms with Gasteiger partial charge in [-0.3, -0.25) is 0 Å². The molecule has 3 nitrogen and oxygen atoms in total. The molecule has 1 unspecified atom stereocenters. The fraction of sp³-hybridized carbons (Fsp3) is 1.00. The molecule has 2 saturated heterocycles. The van der Waals surface area contributed by atoms with Gasteiger partial charge < -0.3 is 16.0 Å². The van der Waals surface area contributed by atoms with E-state index in [1.54, 1.807) is 0 Å². The van der Waals surface area contributed by atoms with Crippen molar-refractivity contribution in [1.82, 2.24) is 10.2 Å². The lowest BCUT2D eigenvalue weighted by Gasteiger charge is -2.38. The Morgan fingerprint density at radius 1 is 1.64 bits per heavy atom. The van der Waals surface area contributed by atoms with E-state index in [2.05, 4.69) is 17.3 Å². The number of piperidine rings is 1. The van der Waals surface area contributed by atoms with Crippen molar-refractivity contribution in [2.45, 2.75) is 24.4 Å². The highest BCUT2D eigenvalue weighted by atomic mass is 15.2. The Balaban J connectivity index is 2.14. The van der Waals surface area contributed by atoms with Gasteiger partial charge >= 0.3 is 0 Å². The summed E-state index contributed by atoms with van der Waals surface area (Å²) in [6.07, 6.45) is 2.37. The molecule has 2 aliphatic rings. The normalized spacial score (nSPS) is 45.8. The molecular formula is C8H17N3. The third-order valence-electron chi connectivity index (χ3n) is 3.17. The van der Waals surface area contributed by atoms with Crippen LogP contribution in [-0.4, -0.2) is 43.2 Å². The molecule has 2 rings (SSSR count). The van der Waals surface area contributed by atoms with Crippen LogP contribution in [0, 0.1) is 0 Å². The highest BCUT2D eigenvalue weighted by molar-refractivity contribution is 5.06. The summed E-state index contributed by atoms with van der Waals surface area (Å²) >= 11 is 0. The topological polar surface area (TPSA) is 41.3 Å². The molecule has 3 heteroatoms. The largest absolute Gasteiger partial charge is 0.323 e. The molecule has 0 amide bonds. The van der Waals surface area contributed by atoms with Crippen molar-refractivity contribution in [3.05, 3.63) is 0 Å². The molecule has 0 aromatic heterocycles. The number of hydrogen-bond donors (Lipinski definition) is 2. The van der Waals surface area contributed by atoms with Crippen LogP contribution in [0.5, 0.6) is 0 Å². The number of nitrogens with two attached hydrogens (primary N) is 1. The van der Waals surface area contributed by atoms with Crippen molar-refractivity contribution in [3.8, 4) is 0 Å². The first-order valence-corrected chi connectivity index (χ1v) is 4.42. The molecule has 0 bridgehead atoms. The van der Waals surface area contributed by atoms with Crippen LogP contribution in [0.25, 0.3) is 0 Å². The van der Waals surface area contributed by atoms with Crippen molar-refractivity contribution >= 4 is 0 Å². The summed E-state index contributed by atoms with van der Waals surface area (Å²) in [6.45, 7) is 3.30. The average Bonchev–Trinajstić information content (AvgIpc) is 2.29. The van der Waals surface area contributed by atoms with Crippen LogP contribution in [-0.2, 0) is 0 Å². The summed E-state index contributed by atoms with van der Waals surface area (Å²) in [6, 6.07) is 0.628. The first-order chi connectivity index (χ1) is 5.22. The lowest BCUT2D eigenvalue weighted by Crippen LogP contribution is -2.61. The minimum Gasteiger partial charge on any atom is -0.323 e. The van der Waals surface area contributed by atoms with Crippen LogP contribution in [0.4, 0.5) is 0 Å². The molecule has 0 spiro atoms. The second-order valence-electron chi connectivity index (χ2n) is 3.95. The van der Waals surface area contributed by atoms with Crippen molar-refractivity contribution in [1.29, 1.82) is 0 Å². The number of nitrogens with zero attached hydrogens (tertiary/aromatic N) is 1. The van der Waals surface area contributed by atoms with Gasteiger partial charge in [0.05, 0.1) is 0 Å². The number of hydrogen-bond acceptors (Lipinski definition) is 3. The van der Waals surface area contributed by atoms with Crippen LogP contribution in [0.1, 0.15) is 12.8 Å². The average molecular weight is 155 g/mol. The summed E-state index contributed by atoms with van der Waals surface area (Å²) < 4.78 is 0. The standard InChI is InChI=1S/C8H17N3/c1-11-5-3-8(9)6-10-4-2-7(8)11/h7,10H,2-6,9H2,1H3/t7-,8?/m0/s1. The van der Waals surface area contributed by atoms with Gasteiger partial charge in [0.1, 0.15) is 0 Å². The van der Waals surface area contributed by atoms with Crippen molar-refractivity contribution < 1.29 is 0 Å². The SMILES string of the molecule is CN1CCC2(N)CNCC[C@H]12. The number of fused-ring (bicyclic) bond motifs is 1. The summed E-state index contributed by atoms with van der Waals surface area (Å²) in [4.78, 5) is 2.40. The Bertz CT molecular complexity index is 155. The zero-order chi connectivity index (χ0) is 7.90. The molecule has 2 aliphatic heterocycles. The first-order valence-electron chi connectivity index (χ1n) is 4.42. The van der Waals surface area contributed by atoms with E-state index in [1.165, 1.54) is 13.0 Å². The van der Waals surface area contributed by atoms with Crippen LogP contribution in [0.3, 0.4) is 0 Å². The third-order valence-corrected chi connectivity index (χ3v) is 3.17. The zero-order valence-electron chi connectivity index (χ0n) is 7.14. The molecule has 3 N–H and O–H groups in total. The van der Waals surface area contributed by atoms with Crippen molar-refractivity contribution in [3.63, 3.8) is 0 Å². The summed E-state index contributed by atoms with van der Waals surface area (Å²) in [5.74, 6) is 0. The van der Waals surface area contributed by atoms with E-state index in [4.69, 9.17) is 5.73 Å². The van der Waals surface area contributed by atoms with Gasteiger partial charge in [-0.1, -0.05) is 0 Å². The minimum absolute atomic E-state index is 0.0764. The van der Waals surface area contributed by atoms with Crippen LogP contribution in [0.15, 0.2) is 0 Å². The van der Waals surface area contributed by atoms with Gasteiger partial charge in [-0.2, -0.15) is 0 Å². The molecule has 2 fully saturated rings. The highest BCUT2D eigenvalue weighted by Gasteiger charge is 2.43. The molecule has 2 atom stereocenters. The predicted molar refractivity (Wildman–Crippen MR) is 45.4 cm³/mol. The molecule has 0 aliphatic carbocycles. The van der Waals surface area contributed by atoms with Crippen LogP contribution < -0.4 is 11.1 Å². The molecule has 0 saturated carbocycles. The molecule has 0 radical (unpaired) electrons. The molecule has 0 aromatic rings. The van der Waals surface area contributed by atoms with Gasteiger partial charge in [0.2, 0.25) is 0 Å². The number of likely N-dealkylation sites (N-methyl/N-ethyl adjacent to an activating group) is 1. The molecule has 11 heavy (non-hydrogen) atoms. The fourth-order valence-electron chi connectivity index (χ4n) is 2.42. The highest BCUT2D eigenvalue weighted by Crippen LogP contribution is 2.28. The van der Waals surface area contributed by atoms with E-state index < -0.39 is 0 Å². The van der Waals surface area contributed by atoms with E-state index >= 15 is 0 Å². The Kier molecular flexibility index (Phi) is 1.67. The Morgan fingerprint density at radius 2 is 2.45 bits per heavy atom. The molecular weight excluding hydrogens is 138 g/mol. The number of likely N-dealkylation sites (tertiary alicyclic amines) is 1. The van der Waals surface area contributed by atoms with Gasteiger partial charge in [0.25, 0.3) is 0 Å². The molecule has 2 heterocycles. The monoisotopic (exact) mass is 155 g/mol. The van der Waals surface area contributed by atoms with Gasteiger partial charge in [-0.05, 0) is 26.4 Å². The van der Waals surface area contributed by atoms with Crippen molar-refractivity contribution in [2.75, 3.05) is 26.7 Å². The summed E-state index contributed by atoms with van der Waals surface area (Å²) in [5, 5.41) is 3.37. The Morgan fingerprint density at radius 3 is 3.18 bits per heavy atom.